The van der Waals surface area contributed by atoms with Crippen LogP contribution in [0.1, 0.15) is 52.9 Å². The highest BCUT2D eigenvalue weighted by molar-refractivity contribution is 4.91. The lowest BCUT2D eigenvalue weighted by molar-refractivity contribution is 0.154. The fourth-order valence-electron chi connectivity index (χ4n) is 2.27. The molecule has 0 aliphatic carbocycles. The molecule has 0 amide bonds. The number of piperidine rings is 1. The molecule has 1 rings (SSSR count). The molecular formula is C13H24N2. The van der Waals surface area contributed by atoms with Crippen molar-refractivity contribution in [2.24, 2.45) is 5.41 Å². The Kier molecular flexibility index (Phi) is 4.60. The molecule has 1 unspecified atom stereocenters. The van der Waals surface area contributed by atoms with E-state index in [9.17, 15) is 0 Å². The van der Waals surface area contributed by atoms with Crippen LogP contribution in [-0.2, 0) is 0 Å². The molecular weight excluding hydrogens is 184 g/mol. The van der Waals surface area contributed by atoms with Crippen molar-refractivity contribution in [3.8, 4) is 6.07 Å². The zero-order valence-electron chi connectivity index (χ0n) is 10.4. The van der Waals surface area contributed by atoms with Gasteiger partial charge in [0.05, 0.1) is 11.5 Å². The Labute approximate surface area is 94.3 Å². The largest absolute Gasteiger partial charge is 0.301 e. The quantitative estimate of drug-likeness (QED) is 0.709. The summed E-state index contributed by atoms with van der Waals surface area (Å²) in [5, 5.41) is 8.92. The molecule has 0 aromatic heterocycles. The molecule has 0 spiro atoms. The average Bonchev–Trinajstić information content (AvgIpc) is 2.21. The highest BCUT2D eigenvalue weighted by atomic mass is 15.1. The number of likely N-dealkylation sites (tertiary alicyclic amines) is 1. The van der Waals surface area contributed by atoms with Crippen LogP contribution in [0.4, 0.5) is 0 Å². The molecule has 15 heavy (non-hydrogen) atoms. The van der Waals surface area contributed by atoms with E-state index >= 15 is 0 Å². The van der Waals surface area contributed by atoms with Crippen LogP contribution in [0.15, 0.2) is 0 Å². The van der Waals surface area contributed by atoms with Crippen LogP contribution in [-0.4, -0.2) is 24.0 Å². The summed E-state index contributed by atoms with van der Waals surface area (Å²) in [4.78, 5) is 2.58. The second-order valence-electron chi connectivity index (χ2n) is 5.48. The first-order valence-electron chi connectivity index (χ1n) is 6.20. The Hall–Kier alpha value is -0.550. The maximum atomic E-state index is 8.92. The van der Waals surface area contributed by atoms with Crippen LogP contribution in [0, 0.1) is 16.7 Å². The third-order valence-electron chi connectivity index (χ3n) is 3.49. The first kappa shape index (κ1) is 12.5. The Balaban J connectivity index is 2.22. The van der Waals surface area contributed by atoms with Crippen LogP contribution in [0.3, 0.4) is 0 Å². The van der Waals surface area contributed by atoms with Crippen LogP contribution in [0.25, 0.3) is 0 Å². The van der Waals surface area contributed by atoms with Crippen LogP contribution < -0.4 is 0 Å². The van der Waals surface area contributed by atoms with E-state index in [-0.39, 0.29) is 5.41 Å². The molecule has 0 aromatic rings. The van der Waals surface area contributed by atoms with E-state index < -0.39 is 0 Å². The van der Waals surface area contributed by atoms with Gasteiger partial charge in [0.25, 0.3) is 0 Å². The number of hydrogen-bond donors (Lipinski definition) is 0. The van der Waals surface area contributed by atoms with Gasteiger partial charge in [-0.25, -0.2) is 0 Å². The summed E-state index contributed by atoms with van der Waals surface area (Å²) in [6.07, 6.45) is 6.27. The van der Waals surface area contributed by atoms with E-state index in [1.54, 1.807) is 0 Å². The molecule has 0 radical (unpaired) electrons. The number of nitrogens with zero attached hydrogens (tertiary/aromatic N) is 2. The summed E-state index contributed by atoms with van der Waals surface area (Å²) < 4.78 is 0. The molecule has 1 fully saturated rings. The molecule has 0 N–H and O–H groups in total. The summed E-state index contributed by atoms with van der Waals surface area (Å²) in [6, 6.07) is 3.13. The summed E-state index contributed by atoms with van der Waals surface area (Å²) in [5.41, 5.74) is -0.140. The predicted octanol–water partition coefficient (Wildman–Crippen LogP) is 3.19. The van der Waals surface area contributed by atoms with Gasteiger partial charge in [0.1, 0.15) is 0 Å². The third kappa shape index (κ3) is 4.22. The summed E-state index contributed by atoms with van der Waals surface area (Å²) in [6.45, 7) is 8.83. The minimum absolute atomic E-state index is 0.140. The van der Waals surface area contributed by atoms with Crippen molar-refractivity contribution >= 4 is 0 Å². The van der Waals surface area contributed by atoms with Crippen LogP contribution >= 0.6 is 0 Å². The fourth-order valence-corrected chi connectivity index (χ4v) is 2.27. The lowest BCUT2D eigenvalue weighted by atomic mass is 9.89. The molecule has 1 aliphatic rings. The zero-order valence-corrected chi connectivity index (χ0v) is 10.4. The van der Waals surface area contributed by atoms with E-state index in [1.165, 1.54) is 32.4 Å². The average molecular weight is 208 g/mol. The monoisotopic (exact) mass is 208 g/mol. The maximum Gasteiger partial charge on any atom is 0.0683 e. The smallest absolute Gasteiger partial charge is 0.0683 e. The summed E-state index contributed by atoms with van der Waals surface area (Å²) >= 11 is 0. The number of hydrogen-bond acceptors (Lipinski definition) is 2. The van der Waals surface area contributed by atoms with Crippen molar-refractivity contribution in [3.05, 3.63) is 0 Å². The van der Waals surface area contributed by atoms with E-state index in [0.29, 0.717) is 0 Å². The summed E-state index contributed by atoms with van der Waals surface area (Å²) in [5.74, 6) is 0. The van der Waals surface area contributed by atoms with Gasteiger partial charge in [-0.3, -0.25) is 0 Å². The van der Waals surface area contributed by atoms with Crippen LogP contribution in [0.2, 0.25) is 0 Å². The number of nitriles is 1. The molecule has 1 saturated heterocycles. The van der Waals surface area contributed by atoms with Gasteiger partial charge in [0.2, 0.25) is 0 Å². The Morgan fingerprint density at radius 1 is 1.40 bits per heavy atom. The first-order valence-corrected chi connectivity index (χ1v) is 6.20. The van der Waals surface area contributed by atoms with Gasteiger partial charge in [0, 0.05) is 6.04 Å². The van der Waals surface area contributed by atoms with Crippen molar-refractivity contribution in [1.29, 1.82) is 5.26 Å². The van der Waals surface area contributed by atoms with Crippen molar-refractivity contribution in [3.63, 3.8) is 0 Å². The minimum Gasteiger partial charge on any atom is -0.301 e. The summed E-state index contributed by atoms with van der Waals surface area (Å²) in [7, 11) is 0. The number of rotatable bonds is 4. The highest BCUT2D eigenvalue weighted by Crippen LogP contribution is 2.22. The molecule has 0 bridgehead atoms. The molecule has 2 heteroatoms. The van der Waals surface area contributed by atoms with Crippen LogP contribution in [0.5, 0.6) is 0 Å². The molecule has 0 aromatic carbocycles. The molecule has 1 aliphatic heterocycles. The zero-order chi connectivity index (χ0) is 11.3. The lowest BCUT2D eigenvalue weighted by Crippen LogP contribution is -2.38. The van der Waals surface area contributed by atoms with Gasteiger partial charge >= 0.3 is 0 Å². The molecule has 1 heterocycles. The Morgan fingerprint density at radius 3 is 2.73 bits per heavy atom. The van der Waals surface area contributed by atoms with Gasteiger partial charge in [-0.1, -0.05) is 6.42 Å². The third-order valence-corrected chi connectivity index (χ3v) is 3.49. The molecule has 86 valence electrons. The van der Waals surface area contributed by atoms with Crippen molar-refractivity contribution in [2.75, 3.05) is 13.1 Å². The molecule has 2 nitrogen and oxygen atoms in total. The first-order chi connectivity index (χ1) is 7.05. The van der Waals surface area contributed by atoms with E-state index in [0.717, 1.165) is 18.9 Å². The predicted molar refractivity (Wildman–Crippen MR) is 63.5 cm³/mol. The van der Waals surface area contributed by atoms with Gasteiger partial charge in [-0.05, 0) is 59.5 Å². The van der Waals surface area contributed by atoms with Gasteiger partial charge in [-0.15, -0.1) is 0 Å². The minimum atomic E-state index is -0.140. The van der Waals surface area contributed by atoms with Crippen molar-refractivity contribution < 1.29 is 0 Å². The van der Waals surface area contributed by atoms with Crippen molar-refractivity contribution in [1.82, 2.24) is 4.90 Å². The topological polar surface area (TPSA) is 27.0 Å². The molecule has 1 atom stereocenters. The van der Waals surface area contributed by atoms with E-state index in [4.69, 9.17) is 5.26 Å². The molecule has 0 saturated carbocycles. The maximum absolute atomic E-state index is 8.92. The van der Waals surface area contributed by atoms with Gasteiger partial charge in [-0.2, -0.15) is 5.26 Å². The van der Waals surface area contributed by atoms with Gasteiger partial charge in [0.15, 0.2) is 0 Å². The fraction of sp³-hybridized carbons (Fsp3) is 0.923. The van der Waals surface area contributed by atoms with E-state index in [1.807, 2.05) is 13.8 Å². The Morgan fingerprint density at radius 2 is 2.13 bits per heavy atom. The second kappa shape index (κ2) is 5.51. The normalized spacial score (nSPS) is 23.7. The SMILES string of the molecule is CC1CCCCN1CCCC(C)(C)C#N. The second-order valence-corrected chi connectivity index (χ2v) is 5.48. The van der Waals surface area contributed by atoms with E-state index in [2.05, 4.69) is 17.9 Å². The Bertz CT molecular complexity index is 227. The van der Waals surface area contributed by atoms with Crippen molar-refractivity contribution in [2.45, 2.75) is 58.9 Å². The van der Waals surface area contributed by atoms with Gasteiger partial charge < -0.3 is 4.90 Å². The highest BCUT2D eigenvalue weighted by Gasteiger charge is 2.20. The lowest BCUT2D eigenvalue weighted by Gasteiger charge is -2.33. The standard InChI is InChI=1S/C13H24N2/c1-12-7-4-5-9-15(12)10-6-8-13(2,3)11-14/h12H,4-10H2,1-3H3.